The monoisotopic (exact) mass is 384 g/mol. The zero-order valence-electron chi connectivity index (χ0n) is 15.6. The Labute approximate surface area is 166 Å². The normalized spacial score (nSPS) is 15.5. The number of pyridine rings is 1. The Morgan fingerprint density at radius 2 is 1.68 bits per heavy atom. The maximum atomic E-state index is 12.1. The molecule has 2 aromatic carbocycles. The highest BCUT2D eigenvalue weighted by atomic mass is 32.2. The van der Waals surface area contributed by atoms with E-state index in [2.05, 4.69) is 65.4 Å². The molecule has 0 saturated heterocycles. The summed E-state index contributed by atoms with van der Waals surface area (Å²) in [7, 11) is -0.844. The number of aromatic amines is 1. The van der Waals surface area contributed by atoms with Crippen molar-refractivity contribution in [2.75, 3.05) is 5.75 Å². The molecule has 0 saturated carbocycles. The summed E-state index contributed by atoms with van der Waals surface area (Å²) in [5.41, 5.74) is 9.30. The van der Waals surface area contributed by atoms with E-state index in [1.807, 2.05) is 24.5 Å². The first kappa shape index (κ1) is 17.1. The number of hydrogen-bond acceptors (Lipinski definition) is 2. The summed E-state index contributed by atoms with van der Waals surface area (Å²) in [4.78, 5) is 8.85. The quantitative estimate of drug-likeness (QED) is 0.515. The summed E-state index contributed by atoms with van der Waals surface area (Å²) < 4.78 is 12.1. The van der Waals surface area contributed by atoms with E-state index in [-0.39, 0.29) is 0 Å². The molecule has 0 spiro atoms. The standard InChI is InChI=1S/C24H20N2OS/c1-16-22(17-9-12-25-13-10-17)24(18-5-3-2-4-6-18)26-23(16)20-7-8-21-19(15-20)11-14-28(21)27/h2-10,12-13,15,26H,11,14H2,1H3. The average molecular weight is 385 g/mol. The third-order valence-electron chi connectivity index (χ3n) is 5.43. The van der Waals surface area contributed by atoms with Crippen LogP contribution >= 0.6 is 0 Å². The van der Waals surface area contributed by atoms with Gasteiger partial charge in [0.25, 0.3) is 0 Å². The van der Waals surface area contributed by atoms with Gasteiger partial charge in [-0.25, -0.2) is 0 Å². The third kappa shape index (κ3) is 2.81. The van der Waals surface area contributed by atoms with Crippen LogP contribution in [0.1, 0.15) is 11.1 Å². The molecule has 4 aromatic rings. The van der Waals surface area contributed by atoms with Gasteiger partial charge in [0.05, 0.1) is 16.5 Å². The lowest BCUT2D eigenvalue weighted by Gasteiger charge is -2.06. The van der Waals surface area contributed by atoms with E-state index < -0.39 is 10.8 Å². The molecule has 0 amide bonds. The van der Waals surface area contributed by atoms with E-state index in [1.54, 1.807) is 0 Å². The molecular weight excluding hydrogens is 364 g/mol. The zero-order chi connectivity index (χ0) is 19.1. The molecule has 3 nitrogen and oxygen atoms in total. The summed E-state index contributed by atoms with van der Waals surface area (Å²) in [6.45, 7) is 2.17. The SMILES string of the molecule is Cc1c(-c2ccc3c(c2)CCS3=O)[nH]c(-c2ccccc2)c1-c1ccncc1. The van der Waals surface area contributed by atoms with Crippen LogP contribution in [0.3, 0.4) is 0 Å². The minimum absolute atomic E-state index is 0.736. The van der Waals surface area contributed by atoms with Crippen LogP contribution in [0.25, 0.3) is 33.6 Å². The van der Waals surface area contributed by atoms with Crippen molar-refractivity contribution in [1.29, 1.82) is 0 Å². The van der Waals surface area contributed by atoms with Crippen LogP contribution in [0.4, 0.5) is 0 Å². The Morgan fingerprint density at radius 1 is 0.893 bits per heavy atom. The van der Waals surface area contributed by atoms with Crippen LogP contribution in [-0.4, -0.2) is 19.9 Å². The molecule has 0 fully saturated rings. The van der Waals surface area contributed by atoms with Crippen molar-refractivity contribution in [3.8, 4) is 33.6 Å². The number of benzene rings is 2. The molecule has 0 radical (unpaired) electrons. The van der Waals surface area contributed by atoms with Gasteiger partial charge in [0.15, 0.2) is 0 Å². The van der Waals surface area contributed by atoms with Crippen molar-refractivity contribution >= 4 is 10.8 Å². The second-order valence-electron chi connectivity index (χ2n) is 7.10. The molecule has 1 aliphatic rings. The van der Waals surface area contributed by atoms with Gasteiger partial charge in [-0.3, -0.25) is 9.19 Å². The Hall–Kier alpha value is -2.98. The van der Waals surface area contributed by atoms with Gasteiger partial charge in [0.1, 0.15) is 0 Å². The second kappa shape index (κ2) is 6.88. The van der Waals surface area contributed by atoms with E-state index >= 15 is 0 Å². The Balaban J connectivity index is 1.72. The van der Waals surface area contributed by atoms with E-state index in [1.165, 1.54) is 16.7 Å². The van der Waals surface area contributed by atoms with Gasteiger partial charge < -0.3 is 4.98 Å². The fraction of sp³-hybridized carbons (Fsp3) is 0.125. The van der Waals surface area contributed by atoms with Crippen molar-refractivity contribution in [3.05, 3.63) is 84.2 Å². The first-order chi connectivity index (χ1) is 13.7. The number of hydrogen-bond donors (Lipinski definition) is 1. The second-order valence-corrected chi connectivity index (χ2v) is 8.64. The minimum Gasteiger partial charge on any atom is -0.354 e. The maximum Gasteiger partial charge on any atom is 0.0541 e. The number of nitrogens with zero attached hydrogens (tertiary/aromatic N) is 1. The van der Waals surface area contributed by atoms with Gasteiger partial charge in [0.2, 0.25) is 0 Å². The largest absolute Gasteiger partial charge is 0.354 e. The molecule has 28 heavy (non-hydrogen) atoms. The van der Waals surface area contributed by atoms with Crippen molar-refractivity contribution in [2.45, 2.75) is 18.2 Å². The predicted molar refractivity (Wildman–Crippen MR) is 115 cm³/mol. The van der Waals surface area contributed by atoms with Crippen molar-refractivity contribution in [1.82, 2.24) is 9.97 Å². The predicted octanol–water partition coefficient (Wildman–Crippen LogP) is 5.38. The smallest absolute Gasteiger partial charge is 0.0541 e. The molecular formula is C24H20N2OS. The summed E-state index contributed by atoms with van der Waals surface area (Å²) in [5.74, 6) is 0.736. The van der Waals surface area contributed by atoms with E-state index in [0.717, 1.165) is 45.1 Å². The number of aryl methyl sites for hydroxylation is 1. The van der Waals surface area contributed by atoms with Crippen molar-refractivity contribution < 1.29 is 4.21 Å². The molecule has 5 rings (SSSR count). The zero-order valence-corrected chi connectivity index (χ0v) is 16.4. The van der Waals surface area contributed by atoms with E-state index in [9.17, 15) is 4.21 Å². The van der Waals surface area contributed by atoms with Gasteiger partial charge in [-0.2, -0.15) is 0 Å². The van der Waals surface area contributed by atoms with Gasteiger partial charge >= 0.3 is 0 Å². The highest BCUT2D eigenvalue weighted by Crippen LogP contribution is 2.40. The maximum absolute atomic E-state index is 12.1. The topological polar surface area (TPSA) is 45.8 Å². The number of rotatable bonds is 3. The molecule has 0 bridgehead atoms. The lowest BCUT2D eigenvalue weighted by atomic mass is 9.97. The minimum atomic E-state index is -0.844. The molecule has 2 aromatic heterocycles. The van der Waals surface area contributed by atoms with E-state index in [4.69, 9.17) is 0 Å². The number of H-pyrrole nitrogens is 1. The van der Waals surface area contributed by atoms with Crippen LogP contribution in [0.15, 0.2) is 78.0 Å². The molecule has 138 valence electrons. The molecule has 4 heteroatoms. The Morgan fingerprint density at radius 3 is 2.46 bits per heavy atom. The Bertz CT molecular complexity index is 1180. The van der Waals surface area contributed by atoms with Crippen molar-refractivity contribution in [3.63, 3.8) is 0 Å². The fourth-order valence-corrected chi connectivity index (χ4v) is 5.35. The summed E-state index contributed by atoms with van der Waals surface area (Å²) in [5, 5.41) is 0. The van der Waals surface area contributed by atoms with Crippen LogP contribution < -0.4 is 0 Å². The van der Waals surface area contributed by atoms with Gasteiger partial charge in [0, 0.05) is 34.3 Å². The highest BCUT2D eigenvalue weighted by molar-refractivity contribution is 7.85. The summed E-state index contributed by atoms with van der Waals surface area (Å²) in [6, 6.07) is 20.8. The summed E-state index contributed by atoms with van der Waals surface area (Å²) >= 11 is 0. The number of nitrogens with one attached hydrogen (secondary N) is 1. The first-order valence-electron chi connectivity index (χ1n) is 9.42. The number of fused-ring (bicyclic) bond motifs is 1. The third-order valence-corrected chi connectivity index (χ3v) is 6.90. The fourth-order valence-electron chi connectivity index (χ4n) is 4.05. The molecule has 1 N–H and O–H groups in total. The average Bonchev–Trinajstić information content (AvgIpc) is 3.29. The Kier molecular flexibility index (Phi) is 4.21. The van der Waals surface area contributed by atoms with E-state index in [0.29, 0.717) is 0 Å². The van der Waals surface area contributed by atoms with Gasteiger partial charge in [-0.1, -0.05) is 36.4 Å². The van der Waals surface area contributed by atoms with Crippen molar-refractivity contribution in [2.24, 2.45) is 0 Å². The van der Waals surface area contributed by atoms with Crippen LogP contribution in [0.5, 0.6) is 0 Å². The number of aromatic nitrogens is 2. The molecule has 0 aliphatic carbocycles. The van der Waals surface area contributed by atoms with Crippen LogP contribution in [-0.2, 0) is 17.2 Å². The van der Waals surface area contributed by atoms with Crippen LogP contribution in [0, 0.1) is 6.92 Å². The van der Waals surface area contributed by atoms with Gasteiger partial charge in [-0.05, 0) is 65.4 Å². The van der Waals surface area contributed by atoms with Gasteiger partial charge in [-0.15, -0.1) is 0 Å². The first-order valence-corrected chi connectivity index (χ1v) is 10.7. The molecule has 1 unspecified atom stereocenters. The highest BCUT2D eigenvalue weighted by Gasteiger charge is 2.22. The molecule has 1 atom stereocenters. The molecule has 1 aliphatic heterocycles. The molecule has 3 heterocycles. The lowest BCUT2D eigenvalue weighted by molar-refractivity contribution is 0.685. The summed E-state index contributed by atoms with van der Waals surface area (Å²) in [6.07, 6.45) is 4.56. The van der Waals surface area contributed by atoms with Crippen LogP contribution in [0.2, 0.25) is 0 Å². The lowest BCUT2D eigenvalue weighted by Crippen LogP contribution is -1.88.